The second-order valence-corrected chi connectivity index (χ2v) is 6.50. The Morgan fingerprint density at radius 1 is 1.19 bits per heavy atom. The van der Waals surface area contributed by atoms with Gasteiger partial charge in [-0.05, 0) is 62.6 Å². The SMILES string of the molecule is CCOc1ccccc1C(=O)NC1CCN(c2ccc(C)c(C)c2)C1=O. The van der Waals surface area contributed by atoms with Crippen LogP contribution >= 0.6 is 0 Å². The molecule has 5 nitrogen and oxygen atoms in total. The summed E-state index contributed by atoms with van der Waals surface area (Å²) in [6.07, 6.45) is 0.592. The van der Waals surface area contributed by atoms with E-state index in [4.69, 9.17) is 4.74 Å². The van der Waals surface area contributed by atoms with Crippen molar-refractivity contribution in [3.05, 3.63) is 59.2 Å². The normalized spacial score (nSPS) is 16.7. The van der Waals surface area contributed by atoms with E-state index in [-0.39, 0.29) is 11.8 Å². The van der Waals surface area contributed by atoms with Gasteiger partial charge in [0.15, 0.2) is 0 Å². The van der Waals surface area contributed by atoms with Crippen LogP contribution in [0.2, 0.25) is 0 Å². The Morgan fingerprint density at radius 2 is 1.96 bits per heavy atom. The van der Waals surface area contributed by atoms with Crippen molar-refractivity contribution in [2.45, 2.75) is 33.2 Å². The van der Waals surface area contributed by atoms with E-state index >= 15 is 0 Å². The maximum atomic E-state index is 12.8. The summed E-state index contributed by atoms with van der Waals surface area (Å²) in [6.45, 7) is 7.02. The highest BCUT2D eigenvalue weighted by Crippen LogP contribution is 2.25. The van der Waals surface area contributed by atoms with Gasteiger partial charge in [0, 0.05) is 12.2 Å². The highest BCUT2D eigenvalue weighted by atomic mass is 16.5. The molecule has 1 aliphatic heterocycles. The Morgan fingerprint density at radius 3 is 2.69 bits per heavy atom. The molecule has 3 rings (SSSR count). The van der Waals surface area contributed by atoms with Gasteiger partial charge in [-0.3, -0.25) is 9.59 Å². The highest BCUT2D eigenvalue weighted by Gasteiger charge is 2.34. The Bertz CT molecular complexity index is 832. The number of para-hydroxylation sites is 1. The molecule has 136 valence electrons. The number of hydrogen-bond acceptors (Lipinski definition) is 3. The van der Waals surface area contributed by atoms with Gasteiger partial charge in [0.1, 0.15) is 11.8 Å². The Balaban J connectivity index is 1.73. The summed E-state index contributed by atoms with van der Waals surface area (Å²) >= 11 is 0. The van der Waals surface area contributed by atoms with Crippen molar-refractivity contribution in [3.8, 4) is 5.75 Å². The molecule has 2 aromatic rings. The molecule has 1 saturated heterocycles. The Kier molecular flexibility index (Phi) is 5.26. The average Bonchev–Trinajstić information content (AvgIpc) is 2.99. The van der Waals surface area contributed by atoms with Gasteiger partial charge in [-0.15, -0.1) is 0 Å². The van der Waals surface area contributed by atoms with Gasteiger partial charge in [0.05, 0.1) is 12.2 Å². The Hall–Kier alpha value is -2.82. The number of carbonyl (C=O) groups is 2. The fraction of sp³-hybridized carbons (Fsp3) is 0.333. The second kappa shape index (κ2) is 7.60. The molecule has 5 heteroatoms. The maximum absolute atomic E-state index is 12.8. The molecule has 0 bridgehead atoms. The molecule has 0 aliphatic carbocycles. The molecule has 1 aliphatic rings. The third-order valence-corrected chi connectivity index (χ3v) is 4.74. The van der Waals surface area contributed by atoms with E-state index in [1.807, 2.05) is 45.0 Å². The van der Waals surface area contributed by atoms with Crippen LogP contribution in [0.3, 0.4) is 0 Å². The lowest BCUT2D eigenvalue weighted by atomic mass is 10.1. The van der Waals surface area contributed by atoms with Crippen molar-refractivity contribution < 1.29 is 14.3 Å². The van der Waals surface area contributed by atoms with Crippen LogP contribution in [-0.4, -0.2) is 31.0 Å². The largest absolute Gasteiger partial charge is 0.493 e. The minimum Gasteiger partial charge on any atom is -0.493 e. The lowest BCUT2D eigenvalue weighted by Gasteiger charge is -2.19. The molecule has 2 aromatic carbocycles. The van der Waals surface area contributed by atoms with Gasteiger partial charge in [-0.2, -0.15) is 0 Å². The van der Waals surface area contributed by atoms with Crippen LogP contribution in [-0.2, 0) is 4.79 Å². The first-order chi connectivity index (χ1) is 12.5. The molecular formula is C21H24N2O3. The zero-order chi connectivity index (χ0) is 18.7. The molecule has 1 N–H and O–H groups in total. The number of nitrogens with one attached hydrogen (secondary N) is 1. The number of anilines is 1. The molecule has 1 unspecified atom stereocenters. The van der Waals surface area contributed by atoms with E-state index in [0.717, 1.165) is 11.3 Å². The maximum Gasteiger partial charge on any atom is 0.255 e. The number of aryl methyl sites for hydroxylation is 2. The van der Waals surface area contributed by atoms with Crippen molar-refractivity contribution in [1.29, 1.82) is 0 Å². The molecule has 26 heavy (non-hydrogen) atoms. The minimum atomic E-state index is -0.515. The van der Waals surface area contributed by atoms with Crippen LogP contribution in [0, 0.1) is 13.8 Å². The predicted octanol–water partition coefficient (Wildman–Crippen LogP) is 3.24. The summed E-state index contributed by atoms with van der Waals surface area (Å²) in [6, 6.07) is 12.5. The van der Waals surface area contributed by atoms with Gasteiger partial charge in [0.25, 0.3) is 5.91 Å². The van der Waals surface area contributed by atoms with Crippen molar-refractivity contribution in [1.82, 2.24) is 5.32 Å². The summed E-state index contributed by atoms with van der Waals surface area (Å²) in [4.78, 5) is 27.1. The number of ether oxygens (including phenoxy) is 1. The van der Waals surface area contributed by atoms with E-state index in [1.165, 1.54) is 5.56 Å². The molecule has 1 atom stereocenters. The molecule has 1 fully saturated rings. The fourth-order valence-electron chi connectivity index (χ4n) is 3.14. The summed E-state index contributed by atoms with van der Waals surface area (Å²) < 4.78 is 5.51. The summed E-state index contributed by atoms with van der Waals surface area (Å²) in [5.74, 6) is 0.175. The third-order valence-electron chi connectivity index (χ3n) is 4.74. The van der Waals surface area contributed by atoms with Crippen LogP contribution in [0.1, 0.15) is 34.8 Å². The van der Waals surface area contributed by atoms with Crippen LogP contribution < -0.4 is 15.0 Å². The molecule has 0 spiro atoms. The fourth-order valence-corrected chi connectivity index (χ4v) is 3.14. The lowest BCUT2D eigenvalue weighted by Crippen LogP contribution is -2.41. The highest BCUT2D eigenvalue weighted by molar-refractivity contribution is 6.04. The monoisotopic (exact) mass is 352 g/mol. The van der Waals surface area contributed by atoms with E-state index < -0.39 is 6.04 Å². The molecule has 0 saturated carbocycles. The smallest absolute Gasteiger partial charge is 0.255 e. The third kappa shape index (κ3) is 3.57. The second-order valence-electron chi connectivity index (χ2n) is 6.50. The van der Waals surface area contributed by atoms with E-state index in [9.17, 15) is 9.59 Å². The molecule has 0 aromatic heterocycles. The van der Waals surface area contributed by atoms with E-state index in [1.54, 1.807) is 23.1 Å². The van der Waals surface area contributed by atoms with Crippen molar-refractivity contribution in [2.24, 2.45) is 0 Å². The number of carbonyl (C=O) groups excluding carboxylic acids is 2. The zero-order valence-electron chi connectivity index (χ0n) is 15.4. The van der Waals surface area contributed by atoms with E-state index in [2.05, 4.69) is 5.32 Å². The van der Waals surface area contributed by atoms with Crippen molar-refractivity contribution >= 4 is 17.5 Å². The van der Waals surface area contributed by atoms with Gasteiger partial charge >= 0.3 is 0 Å². The standard InChI is InChI=1S/C21H24N2O3/c1-4-26-19-8-6-5-7-17(19)20(24)22-18-11-12-23(21(18)25)16-10-9-14(2)15(3)13-16/h5-10,13,18H,4,11-12H2,1-3H3,(H,22,24). The van der Waals surface area contributed by atoms with Crippen molar-refractivity contribution in [3.63, 3.8) is 0 Å². The number of hydrogen-bond donors (Lipinski definition) is 1. The zero-order valence-corrected chi connectivity index (χ0v) is 15.4. The molecule has 0 radical (unpaired) electrons. The number of amides is 2. The van der Waals surface area contributed by atoms with Crippen LogP contribution in [0.4, 0.5) is 5.69 Å². The van der Waals surface area contributed by atoms with Crippen LogP contribution in [0.5, 0.6) is 5.75 Å². The Labute approximate surface area is 154 Å². The van der Waals surface area contributed by atoms with Crippen LogP contribution in [0.15, 0.2) is 42.5 Å². The number of benzene rings is 2. The van der Waals surface area contributed by atoms with Gasteiger partial charge < -0.3 is 15.0 Å². The minimum absolute atomic E-state index is 0.0736. The first-order valence-corrected chi connectivity index (χ1v) is 8.92. The lowest BCUT2D eigenvalue weighted by molar-refractivity contribution is -0.118. The molecule has 2 amide bonds. The van der Waals surface area contributed by atoms with Crippen LogP contribution in [0.25, 0.3) is 0 Å². The first-order valence-electron chi connectivity index (χ1n) is 8.92. The molecule has 1 heterocycles. The van der Waals surface area contributed by atoms with Gasteiger partial charge in [-0.25, -0.2) is 0 Å². The molecular weight excluding hydrogens is 328 g/mol. The average molecular weight is 352 g/mol. The number of nitrogens with zero attached hydrogens (tertiary/aromatic N) is 1. The number of rotatable bonds is 5. The summed E-state index contributed by atoms with van der Waals surface area (Å²) in [5, 5.41) is 2.86. The van der Waals surface area contributed by atoms with E-state index in [0.29, 0.717) is 30.9 Å². The predicted molar refractivity (Wildman–Crippen MR) is 102 cm³/mol. The quantitative estimate of drug-likeness (QED) is 0.899. The van der Waals surface area contributed by atoms with Gasteiger partial charge in [-0.1, -0.05) is 18.2 Å². The van der Waals surface area contributed by atoms with Crippen molar-refractivity contribution in [2.75, 3.05) is 18.1 Å². The van der Waals surface area contributed by atoms with Gasteiger partial charge in [0.2, 0.25) is 5.91 Å². The topological polar surface area (TPSA) is 58.6 Å². The first kappa shape index (κ1) is 18.0. The summed E-state index contributed by atoms with van der Waals surface area (Å²) in [7, 11) is 0. The summed E-state index contributed by atoms with van der Waals surface area (Å²) in [5.41, 5.74) is 3.67.